The minimum atomic E-state index is -0.346. The Morgan fingerprint density at radius 2 is 2.33 bits per heavy atom. The monoisotopic (exact) mass is 244 g/mol. The molecule has 3 aromatic rings. The van der Waals surface area contributed by atoms with Crippen LogP contribution >= 0.6 is 0 Å². The second kappa shape index (κ2) is 4.46. The molecule has 18 heavy (non-hydrogen) atoms. The maximum absolute atomic E-state index is 6.00. The van der Waals surface area contributed by atoms with E-state index in [0.717, 1.165) is 11.4 Å². The van der Waals surface area contributed by atoms with Gasteiger partial charge in [-0.15, -0.1) is 0 Å². The van der Waals surface area contributed by atoms with Crippen LogP contribution in [0, 0.1) is 0 Å². The van der Waals surface area contributed by atoms with Gasteiger partial charge in [0.15, 0.2) is 0 Å². The summed E-state index contributed by atoms with van der Waals surface area (Å²) in [4.78, 5) is 14.2. The van der Waals surface area contributed by atoms with Crippen molar-refractivity contribution < 1.29 is 4.52 Å². The lowest BCUT2D eigenvalue weighted by molar-refractivity contribution is 0.354. The lowest BCUT2D eigenvalue weighted by atomic mass is 10.2. The third-order valence-electron chi connectivity index (χ3n) is 2.59. The van der Waals surface area contributed by atoms with E-state index in [9.17, 15) is 0 Å². The van der Waals surface area contributed by atoms with Gasteiger partial charge < -0.3 is 20.2 Å². The van der Waals surface area contributed by atoms with E-state index < -0.39 is 0 Å². The summed E-state index contributed by atoms with van der Waals surface area (Å²) < 4.78 is 5.16. The summed E-state index contributed by atoms with van der Waals surface area (Å²) in [5.74, 6) is 0.921. The summed E-state index contributed by atoms with van der Waals surface area (Å²) in [6.45, 7) is 0. The van der Waals surface area contributed by atoms with Crippen molar-refractivity contribution in [3.63, 3.8) is 0 Å². The Morgan fingerprint density at radius 3 is 3.06 bits per heavy atom. The fourth-order valence-electron chi connectivity index (χ4n) is 1.69. The smallest absolute Gasteiger partial charge is 0.244 e. The molecular formula is C11H12N6O. The largest absolute Gasteiger partial charge is 0.359 e. The summed E-state index contributed by atoms with van der Waals surface area (Å²) in [6, 6.07) is 3.40. The van der Waals surface area contributed by atoms with Gasteiger partial charge in [0.2, 0.25) is 11.7 Å². The first-order chi connectivity index (χ1) is 8.83. The Hall–Kier alpha value is -2.41. The molecular weight excluding hydrogens is 232 g/mol. The number of hydrogen-bond donors (Lipinski definition) is 3. The van der Waals surface area contributed by atoms with E-state index in [1.54, 1.807) is 18.7 Å². The molecule has 92 valence electrons. The van der Waals surface area contributed by atoms with Gasteiger partial charge in [-0.05, 0) is 12.1 Å². The molecule has 3 heterocycles. The molecule has 0 spiro atoms. The third kappa shape index (κ3) is 2.03. The van der Waals surface area contributed by atoms with E-state index in [0.29, 0.717) is 18.1 Å². The van der Waals surface area contributed by atoms with Crippen molar-refractivity contribution in [1.29, 1.82) is 0 Å². The molecule has 0 saturated heterocycles. The van der Waals surface area contributed by atoms with E-state index >= 15 is 0 Å². The standard InChI is InChI=1S/C11H12N6O/c12-8(4-7-5-13-6-15-7)11-16-10(17-18-11)9-2-1-3-14-9/h1-3,5-6,8,14H,4,12H2,(H,13,15)/t8-/m1/s1. The van der Waals surface area contributed by atoms with Crippen molar-refractivity contribution in [3.8, 4) is 11.5 Å². The van der Waals surface area contributed by atoms with Crippen molar-refractivity contribution in [3.05, 3.63) is 42.4 Å². The van der Waals surface area contributed by atoms with Crippen LogP contribution in [-0.2, 0) is 6.42 Å². The predicted molar refractivity (Wildman–Crippen MR) is 63.3 cm³/mol. The first-order valence-corrected chi connectivity index (χ1v) is 5.53. The molecule has 0 amide bonds. The number of nitrogens with two attached hydrogens (primary N) is 1. The van der Waals surface area contributed by atoms with Gasteiger partial charge in [-0.2, -0.15) is 4.98 Å². The SMILES string of the molecule is N[C@H](Cc1cnc[nH]1)c1nc(-c2ccc[nH]2)no1. The van der Waals surface area contributed by atoms with Crippen LogP contribution in [0.2, 0.25) is 0 Å². The second-order valence-corrected chi connectivity index (χ2v) is 3.93. The number of imidazole rings is 1. The van der Waals surface area contributed by atoms with Gasteiger partial charge in [0.25, 0.3) is 0 Å². The van der Waals surface area contributed by atoms with Crippen molar-refractivity contribution in [1.82, 2.24) is 25.1 Å². The molecule has 4 N–H and O–H groups in total. The van der Waals surface area contributed by atoms with Crippen LogP contribution in [0.3, 0.4) is 0 Å². The van der Waals surface area contributed by atoms with E-state index in [1.165, 1.54) is 0 Å². The predicted octanol–water partition coefficient (Wildman–Crippen LogP) is 1.03. The van der Waals surface area contributed by atoms with Gasteiger partial charge in [-0.25, -0.2) is 4.98 Å². The molecule has 0 aliphatic carbocycles. The highest BCUT2D eigenvalue weighted by Gasteiger charge is 2.16. The quantitative estimate of drug-likeness (QED) is 0.635. The maximum atomic E-state index is 6.00. The van der Waals surface area contributed by atoms with Gasteiger partial charge in [-0.3, -0.25) is 0 Å². The Labute approximate surface area is 102 Å². The van der Waals surface area contributed by atoms with Crippen molar-refractivity contribution >= 4 is 0 Å². The van der Waals surface area contributed by atoms with Crippen LogP contribution in [0.15, 0.2) is 35.4 Å². The molecule has 3 aromatic heterocycles. The molecule has 0 unspecified atom stereocenters. The topological polar surface area (TPSA) is 109 Å². The normalized spacial score (nSPS) is 12.7. The van der Waals surface area contributed by atoms with Gasteiger partial charge >= 0.3 is 0 Å². The molecule has 0 saturated carbocycles. The summed E-state index contributed by atoms with van der Waals surface area (Å²) >= 11 is 0. The van der Waals surface area contributed by atoms with Gasteiger partial charge in [0.05, 0.1) is 18.1 Å². The third-order valence-corrected chi connectivity index (χ3v) is 2.59. The van der Waals surface area contributed by atoms with Crippen LogP contribution in [0.1, 0.15) is 17.6 Å². The number of aromatic nitrogens is 5. The first-order valence-electron chi connectivity index (χ1n) is 5.53. The molecule has 0 aromatic carbocycles. The summed E-state index contributed by atoms with van der Waals surface area (Å²) in [5.41, 5.74) is 7.74. The van der Waals surface area contributed by atoms with Crippen molar-refractivity contribution in [2.45, 2.75) is 12.5 Å². The highest BCUT2D eigenvalue weighted by molar-refractivity contribution is 5.47. The zero-order valence-corrected chi connectivity index (χ0v) is 9.50. The van der Waals surface area contributed by atoms with Crippen LogP contribution in [0.4, 0.5) is 0 Å². The van der Waals surface area contributed by atoms with E-state index in [4.69, 9.17) is 10.3 Å². The molecule has 0 aliphatic rings. The number of nitrogens with one attached hydrogen (secondary N) is 2. The molecule has 3 rings (SSSR count). The molecule has 0 fully saturated rings. The summed E-state index contributed by atoms with van der Waals surface area (Å²) in [7, 11) is 0. The maximum Gasteiger partial charge on any atom is 0.244 e. The fraction of sp³-hybridized carbons (Fsp3) is 0.182. The number of H-pyrrole nitrogens is 2. The fourth-order valence-corrected chi connectivity index (χ4v) is 1.69. The highest BCUT2D eigenvalue weighted by atomic mass is 16.5. The number of hydrogen-bond acceptors (Lipinski definition) is 5. The van der Waals surface area contributed by atoms with E-state index in [1.807, 2.05) is 12.1 Å². The summed E-state index contributed by atoms with van der Waals surface area (Å²) in [6.07, 6.45) is 5.71. The zero-order chi connectivity index (χ0) is 12.4. The minimum absolute atomic E-state index is 0.346. The molecule has 0 bridgehead atoms. The van der Waals surface area contributed by atoms with Gasteiger partial charge in [0, 0.05) is 24.5 Å². The second-order valence-electron chi connectivity index (χ2n) is 3.93. The Balaban J connectivity index is 1.77. The molecule has 7 nitrogen and oxygen atoms in total. The number of rotatable bonds is 4. The highest BCUT2D eigenvalue weighted by Crippen LogP contribution is 2.17. The lowest BCUT2D eigenvalue weighted by Crippen LogP contribution is -2.13. The first kappa shape index (κ1) is 10.7. The Morgan fingerprint density at radius 1 is 1.39 bits per heavy atom. The molecule has 0 aliphatic heterocycles. The van der Waals surface area contributed by atoms with Crippen LogP contribution < -0.4 is 5.73 Å². The van der Waals surface area contributed by atoms with Gasteiger partial charge in [0.1, 0.15) is 0 Å². The summed E-state index contributed by atoms with van der Waals surface area (Å²) in [5, 5.41) is 3.89. The average Bonchev–Trinajstić information content (AvgIpc) is 3.11. The lowest BCUT2D eigenvalue weighted by Gasteiger charge is -2.03. The molecule has 7 heteroatoms. The zero-order valence-electron chi connectivity index (χ0n) is 9.50. The van der Waals surface area contributed by atoms with Crippen molar-refractivity contribution in [2.75, 3.05) is 0 Å². The van der Waals surface area contributed by atoms with E-state index in [-0.39, 0.29) is 6.04 Å². The number of nitrogens with zero attached hydrogens (tertiary/aromatic N) is 3. The molecule has 0 radical (unpaired) electrons. The average molecular weight is 244 g/mol. The van der Waals surface area contributed by atoms with E-state index in [2.05, 4.69) is 25.1 Å². The molecule has 1 atom stereocenters. The minimum Gasteiger partial charge on any atom is -0.359 e. The Bertz CT molecular complexity index is 597. The number of aromatic amines is 2. The van der Waals surface area contributed by atoms with Gasteiger partial charge in [-0.1, -0.05) is 5.16 Å². The van der Waals surface area contributed by atoms with Crippen LogP contribution in [-0.4, -0.2) is 25.1 Å². The Kier molecular flexibility index (Phi) is 2.66. The van der Waals surface area contributed by atoms with Crippen LogP contribution in [0.25, 0.3) is 11.5 Å². The van der Waals surface area contributed by atoms with Crippen molar-refractivity contribution in [2.24, 2.45) is 5.73 Å². The van der Waals surface area contributed by atoms with Crippen LogP contribution in [0.5, 0.6) is 0 Å².